The minimum atomic E-state index is -1.25. The monoisotopic (exact) mass is 216 g/mol. The summed E-state index contributed by atoms with van der Waals surface area (Å²) in [5, 5.41) is 9.50. The Balaban J connectivity index is 2.68. The topological polar surface area (TPSA) is 29.5 Å². The molecule has 0 aliphatic carbocycles. The molecule has 0 saturated heterocycles. The third-order valence-corrected chi connectivity index (χ3v) is 1.96. The first-order valence-electron chi connectivity index (χ1n) is 4.86. The Morgan fingerprint density at radius 1 is 1.33 bits per heavy atom. The molecular weight excluding hydrogens is 202 g/mol. The van der Waals surface area contributed by atoms with E-state index in [2.05, 4.69) is 0 Å². The van der Waals surface area contributed by atoms with Gasteiger partial charge < -0.3 is 9.84 Å². The van der Waals surface area contributed by atoms with E-state index in [-0.39, 0.29) is 12.2 Å². The van der Waals surface area contributed by atoms with Gasteiger partial charge in [-0.05, 0) is 18.6 Å². The highest BCUT2D eigenvalue weighted by atomic mass is 19.1. The third kappa shape index (κ3) is 3.25. The van der Waals surface area contributed by atoms with Gasteiger partial charge in [-0.1, -0.05) is 13.0 Å². The van der Waals surface area contributed by atoms with E-state index < -0.39 is 17.7 Å². The molecule has 0 aliphatic rings. The predicted molar refractivity (Wildman–Crippen MR) is 52.4 cm³/mol. The van der Waals surface area contributed by atoms with Crippen LogP contribution in [0.25, 0.3) is 0 Å². The lowest BCUT2D eigenvalue weighted by Crippen LogP contribution is -2.11. The first-order chi connectivity index (χ1) is 7.16. The molecule has 4 heteroatoms. The highest BCUT2D eigenvalue weighted by molar-refractivity contribution is 5.21. The van der Waals surface area contributed by atoms with Crippen molar-refractivity contribution in [3.8, 4) is 0 Å². The Morgan fingerprint density at radius 3 is 2.47 bits per heavy atom. The summed E-state index contributed by atoms with van der Waals surface area (Å²) in [6.07, 6.45) is -0.454. The lowest BCUT2D eigenvalue weighted by Gasteiger charge is -2.12. The van der Waals surface area contributed by atoms with E-state index in [1.165, 1.54) is 6.07 Å². The van der Waals surface area contributed by atoms with Crippen LogP contribution in [0, 0.1) is 11.6 Å². The quantitative estimate of drug-likeness (QED) is 0.766. The van der Waals surface area contributed by atoms with Crippen LogP contribution < -0.4 is 0 Å². The third-order valence-electron chi connectivity index (χ3n) is 1.96. The maximum absolute atomic E-state index is 13.2. The molecule has 1 atom stereocenters. The van der Waals surface area contributed by atoms with Gasteiger partial charge >= 0.3 is 0 Å². The van der Waals surface area contributed by atoms with E-state index in [9.17, 15) is 13.9 Å². The molecule has 2 nitrogen and oxygen atoms in total. The average molecular weight is 216 g/mol. The van der Waals surface area contributed by atoms with Gasteiger partial charge in [0, 0.05) is 6.61 Å². The van der Waals surface area contributed by atoms with Crippen LogP contribution in [0.15, 0.2) is 18.2 Å². The van der Waals surface area contributed by atoms with Gasteiger partial charge in [0.05, 0.1) is 12.2 Å². The van der Waals surface area contributed by atoms with Gasteiger partial charge in [0.15, 0.2) is 0 Å². The number of rotatable bonds is 5. The van der Waals surface area contributed by atoms with Crippen molar-refractivity contribution < 1.29 is 18.6 Å². The molecule has 15 heavy (non-hydrogen) atoms. The summed E-state index contributed by atoms with van der Waals surface area (Å²) in [4.78, 5) is 0. The highest BCUT2D eigenvalue weighted by Crippen LogP contribution is 2.20. The molecule has 1 aromatic carbocycles. The van der Waals surface area contributed by atoms with Gasteiger partial charge in [-0.15, -0.1) is 0 Å². The number of ether oxygens (including phenoxy) is 1. The summed E-state index contributed by atoms with van der Waals surface area (Å²) >= 11 is 0. The molecule has 1 rings (SSSR count). The SMILES string of the molecule is CCCOCC(O)c1c(F)cccc1F. The van der Waals surface area contributed by atoms with Gasteiger partial charge in [-0.3, -0.25) is 0 Å². The maximum Gasteiger partial charge on any atom is 0.132 e. The van der Waals surface area contributed by atoms with E-state index in [1.807, 2.05) is 6.92 Å². The van der Waals surface area contributed by atoms with Crippen LogP contribution in [0.2, 0.25) is 0 Å². The minimum absolute atomic E-state index is 0.0916. The smallest absolute Gasteiger partial charge is 0.132 e. The Bertz CT molecular complexity index is 295. The van der Waals surface area contributed by atoms with E-state index in [1.54, 1.807) is 0 Å². The van der Waals surface area contributed by atoms with Gasteiger partial charge in [-0.2, -0.15) is 0 Å². The fraction of sp³-hybridized carbons (Fsp3) is 0.455. The molecular formula is C11H14F2O2. The predicted octanol–water partition coefficient (Wildman–Crippen LogP) is 2.42. The van der Waals surface area contributed by atoms with Gasteiger partial charge in [0.1, 0.15) is 17.7 Å². The summed E-state index contributed by atoms with van der Waals surface area (Å²) < 4.78 is 31.3. The first-order valence-corrected chi connectivity index (χ1v) is 4.86. The zero-order valence-corrected chi connectivity index (χ0v) is 8.54. The summed E-state index contributed by atoms with van der Waals surface area (Å²) in [6, 6.07) is 3.48. The zero-order chi connectivity index (χ0) is 11.3. The molecule has 84 valence electrons. The van der Waals surface area contributed by atoms with Crippen molar-refractivity contribution in [3.05, 3.63) is 35.4 Å². The second kappa shape index (κ2) is 5.78. The van der Waals surface area contributed by atoms with Crippen molar-refractivity contribution in [1.29, 1.82) is 0 Å². The molecule has 0 heterocycles. The summed E-state index contributed by atoms with van der Waals surface area (Å²) in [6.45, 7) is 2.29. The fourth-order valence-electron chi connectivity index (χ4n) is 1.25. The van der Waals surface area contributed by atoms with Gasteiger partial charge in [0.25, 0.3) is 0 Å². The Morgan fingerprint density at radius 2 is 1.93 bits per heavy atom. The van der Waals surface area contributed by atoms with Gasteiger partial charge in [0.2, 0.25) is 0 Å². The lowest BCUT2D eigenvalue weighted by molar-refractivity contribution is 0.0327. The summed E-state index contributed by atoms with van der Waals surface area (Å²) in [5.74, 6) is -1.50. The zero-order valence-electron chi connectivity index (χ0n) is 8.54. The normalized spacial score (nSPS) is 12.8. The van der Waals surface area contributed by atoms with Crippen molar-refractivity contribution in [2.45, 2.75) is 19.4 Å². The second-order valence-electron chi connectivity index (χ2n) is 3.23. The molecule has 0 amide bonds. The van der Waals surface area contributed by atoms with Crippen LogP contribution in [0.5, 0.6) is 0 Å². The van der Waals surface area contributed by atoms with Crippen molar-refractivity contribution in [2.75, 3.05) is 13.2 Å². The van der Waals surface area contributed by atoms with Crippen LogP contribution in [0.3, 0.4) is 0 Å². The Labute approximate surface area is 87.5 Å². The number of aliphatic hydroxyl groups is 1. The molecule has 0 fully saturated rings. The van der Waals surface area contributed by atoms with Crippen LogP contribution in [0.1, 0.15) is 25.0 Å². The standard InChI is InChI=1S/C11H14F2O2/c1-2-6-15-7-10(14)11-8(12)4-3-5-9(11)13/h3-5,10,14H,2,6-7H2,1H3. The first kappa shape index (κ1) is 12.1. The molecule has 1 aromatic rings. The fourth-order valence-corrected chi connectivity index (χ4v) is 1.25. The van der Waals surface area contributed by atoms with E-state index in [0.29, 0.717) is 6.61 Å². The van der Waals surface area contributed by atoms with Crippen LogP contribution in [-0.2, 0) is 4.74 Å². The highest BCUT2D eigenvalue weighted by Gasteiger charge is 2.17. The summed E-state index contributed by atoms with van der Waals surface area (Å²) in [7, 11) is 0. The molecule has 0 aliphatic heterocycles. The molecule has 0 radical (unpaired) electrons. The van der Waals surface area contributed by atoms with Crippen LogP contribution in [-0.4, -0.2) is 18.3 Å². The van der Waals surface area contributed by atoms with Crippen molar-refractivity contribution in [3.63, 3.8) is 0 Å². The number of aliphatic hydroxyl groups excluding tert-OH is 1. The number of hydrogen-bond acceptors (Lipinski definition) is 2. The van der Waals surface area contributed by atoms with Gasteiger partial charge in [-0.25, -0.2) is 8.78 Å². The van der Waals surface area contributed by atoms with Crippen molar-refractivity contribution >= 4 is 0 Å². The molecule has 1 unspecified atom stereocenters. The molecule has 0 saturated carbocycles. The van der Waals surface area contributed by atoms with E-state index in [4.69, 9.17) is 4.74 Å². The maximum atomic E-state index is 13.2. The Hall–Kier alpha value is -1.00. The minimum Gasteiger partial charge on any atom is -0.386 e. The van der Waals surface area contributed by atoms with Crippen molar-refractivity contribution in [2.24, 2.45) is 0 Å². The van der Waals surface area contributed by atoms with E-state index in [0.717, 1.165) is 18.6 Å². The Kier molecular flexibility index (Phi) is 4.65. The second-order valence-corrected chi connectivity index (χ2v) is 3.23. The van der Waals surface area contributed by atoms with Crippen LogP contribution >= 0.6 is 0 Å². The summed E-state index contributed by atoms with van der Waals surface area (Å²) in [5.41, 5.74) is -0.325. The number of halogens is 2. The number of benzene rings is 1. The molecule has 1 N–H and O–H groups in total. The molecule has 0 aromatic heterocycles. The number of hydrogen-bond donors (Lipinski definition) is 1. The lowest BCUT2D eigenvalue weighted by atomic mass is 10.1. The molecule has 0 bridgehead atoms. The molecule has 0 spiro atoms. The largest absolute Gasteiger partial charge is 0.386 e. The van der Waals surface area contributed by atoms with E-state index >= 15 is 0 Å². The van der Waals surface area contributed by atoms with Crippen LogP contribution in [0.4, 0.5) is 8.78 Å². The average Bonchev–Trinajstić information content (AvgIpc) is 2.18. The van der Waals surface area contributed by atoms with Crippen molar-refractivity contribution in [1.82, 2.24) is 0 Å².